The number of rotatable bonds is 6. The molecule has 1 saturated carbocycles. The Morgan fingerprint density at radius 1 is 1.22 bits per heavy atom. The third kappa shape index (κ3) is 5.27. The fourth-order valence-corrected chi connectivity index (χ4v) is 3.92. The molecule has 0 unspecified atom stereocenters. The van der Waals surface area contributed by atoms with Crippen LogP contribution in [0.3, 0.4) is 0 Å². The van der Waals surface area contributed by atoms with Crippen LogP contribution in [0.4, 0.5) is 0 Å². The Hall–Kier alpha value is -2.46. The predicted octanol–water partition coefficient (Wildman–Crippen LogP) is 1.36. The van der Waals surface area contributed by atoms with Gasteiger partial charge in [0.2, 0.25) is 11.8 Å². The van der Waals surface area contributed by atoms with Crippen molar-refractivity contribution in [3.8, 4) is 6.07 Å². The molecule has 2 aliphatic rings. The number of nitrogens with one attached hydrogen (secondary N) is 2. The molecule has 2 N–H and O–H groups in total. The van der Waals surface area contributed by atoms with Crippen molar-refractivity contribution in [3.05, 3.63) is 30.1 Å². The third-order valence-corrected chi connectivity index (χ3v) is 5.53. The van der Waals surface area contributed by atoms with Crippen LogP contribution in [-0.4, -0.2) is 46.9 Å². The molecule has 7 nitrogen and oxygen atoms in total. The minimum absolute atomic E-state index is 0.00859. The molecule has 1 saturated heterocycles. The quantitative estimate of drug-likeness (QED) is 0.789. The van der Waals surface area contributed by atoms with E-state index in [4.69, 9.17) is 5.26 Å². The average molecular weight is 369 g/mol. The fourth-order valence-electron chi connectivity index (χ4n) is 3.92. The molecule has 27 heavy (non-hydrogen) atoms. The van der Waals surface area contributed by atoms with Crippen molar-refractivity contribution in [3.63, 3.8) is 0 Å². The van der Waals surface area contributed by atoms with Crippen LogP contribution < -0.4 is 10.6 Å². The first-order valence-electron chi connectivity index (χ1n) is 9.77. The summed E-state index contributed by atoms with van der Waals surface area (Å²) >= 11 is 0. The molecule has 1 atom stereocenters. The van der Waals surface area contributed by atoms with Gasteiger partial charge in [-0.3, -0.25) is 14.6 Å². The van der Waals surface area contributed by atoms with Crippen LogP contribution in [0.25, 0.3) is 0 Å². The van der Waals surface area contributed by atoms with E-state index in [9.17, 15) is 9.59 Å². The van der Waals surface area contributed by atoms with Crippen LogP contribution in [0.1, 0.15) is 44.2 Å². The first kappa shape index (κ1) is 19.3. The summed E-state index contributed by atoms with van der Waals surface area (Å²) in [5.41, 5.74) is 0.859. The zero-order valence-electron chi connectivity index (χ0n) is 15.6. The number of amides is 2. The van der Waals surface area contributed by atoms with Gasteiger partial charge in [0.05, 0.1) is 24.9 Å². The smallest absolute Gasteiger partial charge is 0.237 e. The van der Waals surface area contributed by atoms with Gasteiger partial charge >= 0.3 is 0 Å². The Morgan fingerprint density at radius 3 is 2.74 bits per heavy atom. The van der Waals surface area contributed by atoms with Crippen molar-refractivity contribution in [2.75, 3.05) is 13.1 Å². The maximum atomic E-state index is 12.3. The monoisotopic (exact) mass is 369 g/mol. The van der Waals surface area contributed by atoms with Crippen LogP contribution in [0, 0.1) is 17.2 Å². The van der Waals surface area contributed by atoms with E-state index in [0.717, 1.165) is 44.2 Å². The molecule has 1 aromatic heterocycles. The van der Waals surface area contributed by atoms with Gasteiger partial charge in [-0.25, -0.2) is 0 Å². The molecule has 1 aromatic rings. The Bertz CT molecular complexity index is 679. The second kappa shape index (κ2) is 9.47. The van der Waals surface area contributed by atoms with Gasteiger partial charge in [0.1, 0.15) is 6.04 Å². The number of aromatic nitrogens is 1. The summed E-state index contributed by atoms with van der Waals surface area (Å²) in [6.07, 6.45) is 6.83. The first-order valence-corrected chi connectivity index (χ1v) is 9.77. The zero-order chi connectivity index (χ0) is 19.1. The SMILES string of the molecule is N#C[C@@H]1CCCN1C(=O)CN[C@H]1CC[C@H](C(=O)NCc2ccccn2)CC1. The highest BCUT2D eigenvalue weighted by atomic mass is 16.2. The summed E-state index contributed by atoms with van der Waals surface area (Å²) in [7, 11) is 0. The van der Waals surface area contributed by atoms with Gasteiger partial charge < -0.3 is 15.5 Å². The highest BCUT2D eigenvalue weighted by Gasteiger charge is 2.30. The lowest BCUT2D eigenvalue weighted by atomic mass is 9.85. The summed E-state index contributed by atoms with van der Waals surface area (Å²) in [6.45, 7) is 1.42. The number of hydrogen-bond acceptors (Lipinski definition) is 5. The minimum Gasteiger partial charge on any atom is -0.350 e. The summed E-state index contributed by atoms with van der Waals surface area (Å²) in [5.74, 6) is 0.127. The van der Waals surface area contributed by atoms with Crippen molar-refractivity contribution in [1.29, 1.82) is 5.26 Å². The van der Waals surface area contributed by atoms with E-state index in [2.05, 4.69) is 21.7 Å². The standard InChI is InChI=1S/C20H27N5O2/c21-12-18-5-3-11-25(18)19(26)14-23-16-8-6-15(7-9-16)20(27)24-13-17-4-1-2-10-22-17/h1-2,4,10,15-16,18,23H,3,5-9,11,13-14H2,(H,24,27)/t15-,16-,18-/m0/s1. The normalized spacial score (nSPS) is 25.0. The van der Waals surface area contributed by atoms with Gasteiger partial charge in [0.15, 0.2) is 0 Å². The van der Waals surface area contributed by atoms with Gasteiger partial charge in [0.25, 0.3) is 0 Å². The molecule has 144 valence electrons. The van der Waals surface area contributed by atoms with Gasteiger partial charge in [0, 0.05) is 24.7 Å². The van der Waals surface area contributed by atoms with Crippen molar-refractivity contribution >= 4 is 11.8 Å². The van der Waals surface area contributed by atoms with Crippen LogP contribution >= 0.6 is 0 Å². The lowest BCUT2D eigenvalue weighted by Gasteiger charge is -2.29. The highest BCUT2D eigenvalue weighted by molar-refractivity contribution is 5.79. The maximum absolute atomic E-state index is 12.3. The second-order valence-corrected chi connectivity index (χ2v) is 7.34. The molecule has 3 rings (SSSR count). The van der Waals surface area contributed by atoms with E-state index in [1.165, 1.54) is 0 Å². The predicted molar refractivity (Wildman–Crippen MR) is 100 cm³/mol. The highest BCUT2D eigenvalue weighted by Crippen LogP contribution is 2.24. The Balaban J connectivity index is 1.35. The van der Waals surface area contributed by atoms with E-state index in [1.807, 2.05) is 18.2 Å². The Kier molecular flexibility index (Phi) is 6.77. The molecule has 2 fully saturated rings. The van der Waals surface area contributed by atoms with Gasteiger partial charge in [-0.2, -0.15) is 5.26 Å². The average Bonchev–Trinajstić information content (AvgIpc) is 3.20. The first-order chi connectivity index (χ1) is 13.2. The lowest BCUT2D eigenvalue weighted by Crippen LogP contribution is -2.45. The largest absolute Gasteiger partial charge is 0.350 e. The zero-order valence-corrected chi connectivity index (χ0v) is 15.6. The number of carbonyl (C=O) groups is 2. The number of nitriles is 1. The van der Waals surface area contributed by atoms with E-state index >= 15 is 0 Å². The van der Waals surface area contributed by atoms with Crippen molar-refractivity contribution < 1.29 is 9.59 Å². The summed E-state index contributed by atoms with van der Waals surface area (Å²) < 4.78 is 0. The van der Waals surface area contributed by atoms with E-state index in [-0.39, 0.29) is 36.4 Å². The molecule has 2 heterocycles. The number of pyridine rings is 1. The lowest BCUT2D eigenvalue weighted by molar-refractivity contribution is -0.130. The van der Waals surface area contributed by atoms with Crippen molar-refractivity contribution in [2.45, 2.75) is 57.2 Å². The number of hydrogen-bond donors (Lipinski definition) is 2. The molecule has 0 radical (unpaired) electrons. The van der Waals surface area contributed by atoms with Crippen LogP contribution in [0.15, 0.2) is 24.4 Å². The molecule has 0 spiro atoms. The molecular weight excluding hydrogens is 342 g/mol. The van der Waals surface area contributed by atoms with Crippen LogP contribution in [0.5, 0.6) is 0 Å². The maximum Gasteiger partial charge on any atom is 0.237 e. The molecule has 2 amide bonds. The summed E-state index contributed by atoms with van der Waals surface area (Å²) in [4.78, 5) is 30.5. The van der Waals surface area contributed by atoms with Gasteiger partial charge in [-0.05, 0) is 50.7 Å². The van der Waals surface area contributed by atoms with E-state index in [0.29, 0.717) is 13.1 Å². The second-order valence-electron chi connectivity index (χ2n) is 7.34. The fraction of sp³-hybridized carbons (Fsp3) is 0.600. The third-order valence-electron chi connectivity index (χ3n) is 5.53. The van der Waals surface area contributed by atoms with E-state index < -0.39 is 0 Å². The van der Waals surface area contributed by atoms with Gasteiger partial charge in [-0.15, -0.1) is 0 Å². The Morgan fingerprint density at radius 2 is 2.04 bits per heavy atom. The van der Waals surface area contributed by atoms with Crippen molar-refractivity contribution in [1.82, 2.24) is 20.5 Å². The number of likely N-dealkylation sites (tertiary alicyclic amines) is 1. The Labute approximate surface area is 160 Å². The molecule has 0 bridgehead atoms. The summed E-state index contributed by atoms with van der Waals surface area (Å²) in [6, 6.07) is 7.86. The van der Waals surface area contributed by atoms with Crippen LogP contribution in [-0.2, 0) is 16.1 Å². The van der Waals surface area contributed by atoms with Crippen LogP contribution in [0.2, 0.25) is 0 Å². The number of carbonyl (C=O) groups excluding carboxylic acids is 2. The molecule has 1 aliphatic heterocycles. The van der Waals surface area contributed by atoms with Gasteiger partial charge in [-0.1, -0.05) is 6.07 Å². The number of nitrogens with zero attached hydrogens (tertiary/aromatic N) is 3. The molecular formula is C20H27N5O2. The molecule has 7 heteroatoms. The minimum atomic E-state index is -0.266. The topological polar surface area (TPSA) is 98.1 Å². The molecule has 1 aliphatic carbocycles. The molecule has 0 aromatic carbocycles. The van der Waals surface area contributed by atoms with Crippen molar-refractivity contribution in [2.24, 2.45) is 5.92 Å². The summed E-state index contributed by atoms with van der Waals surface area (Å²) in [5, 5.41) is 15.4. The van der Waals surface area contributed by atoms with E-state index in [1.54, 1.807) is 11.1 Å².